The Morgan fingerprint density at radius 3 is 2.17 bits per heavy atom. The van der Waals surface area contributed by atoms with Gasteiger partial charge < -0.3 is 4.74 Å². The molecule has 2 saturated carbocycles. The molecule has 4 heteroatoms. The summed E-state index contributed by atoms with van der Waals surface area (Å²) in [6.07, 6.45) is 14.2. The number of benzene rings is 2. The van der Waals surface area contributed by atoms with Crippen molar-refractivity contribution in [1.29, 1.82) is 0 Å². The predicted octanol–water partition coefficient (Wildman–Crippen LogP) is 9.24. The maximum absolute atomic E-state index is 15.0. The van der Waals surface area contributed by atoms with E-state index >= 15 is 0 Å². The zero-order valence-electron chi connectivity index (χ0n) is 20.7. The topological polar surface area (TPSA) is 12.5 Å². The van der Waals surface area contributed by atoms with Crippen LogP contribution < -0.4 is 0 Å². The lowest BCUT2D eigenvalue weighted by atomic mass is 9.77. The van der Waals surface area contributed by atoms with E-state index in [1.807, 2.05) is 24.3 Å². The van der Waals surface area contributed by atoms with E-state index in [9.17, 15) is 13.2 Å². The van der Waals surface area contributed by atoms with Gasteiger partial charge in [0.2, 0.25) is 0 Å². The number of epoxide rings is 1. The molecule has 2 aliphatic carbocycles. The number of hydrogen-bond donors (Lipinski definition) is 0. The Morgan fingerprint density at radius 2 is 1.51 bits per heavy atom. The second-order valence-electron chi connectivity index (χ2n) is 11.0. The third-order valence-electron chi connectivity index (χ3n) is 8.62. The molecule has 35 heavy (non-hydrogen) atoms. The second kappa shape index (κ2) is 10.9. The van der Waals surface area contributed by atoms with Crippen molar-refractivity contribution in [2.45, 2.75) is 89.1 Å². The molecule has 2 aromatic carbocycles. The van der Waals surface area contributed by atoms with Gasteiger partial charge >= 0.3 is 0 Å². The highest BCUT2D eigenvalue weighted by molar-refractivity contribution is 5.52. The van der Waals surface area contributed by atoms with Crippen LogP contribution in [0.25, 0.3) is 6.08 Å². The predicted molar refractivity (Wildman–Crippen MR) is 135 cm³/mol. The van der Waals surface area contributed by atoms with Gasteiger partial charge in [-0.3, -0.25) is 0 Å². The molecule has 0 aromatic heterocycles. The van der Waals surface area contributed by atoms with Crippen molar-refractivity contribution in [3.8, 4) is 0 Å². The monoisotopic (exact) mass is 482 g/mol. The van der Waals surface area contributed by atoms with Crippen molar-refractivity contribution in [3.05, 3.63) is 76.1 Å². The van der Waals surface area contributed by atoms with Crippen molar-refractivity contribution in [2.24, 2.45) is 11.8 Å². The van der Waals surface area contributed by atoms with Crippen molar-refractivity contribution >= 4 is 6.08 Å². The minimum atomic E-state index is -0.710. The fraction of sp³-hybridized carbons (Fsp3) is 0.548. The summed E-state index contributed by atoms with van der Waals surface area (Å²) >= 11 is 0. The lowest BCUT2D eigenvalue weighted by Gasteiger charge is -2.29. The van der Waals surface area contributed by atoms with Gasteiger partial charge in [0.15, 0.2) is 11.6 Å². The average molecular weight is 483 g/mol. The number of halogens is 3. The van der Waals surface area contributed by atoms with E-state index in [2.05, 4.69) is 6.92 Å². The SMILES string of the molecule is CCCC1CCC(c2ccc(/C=C/C3CCC(c4ccc(C5CO5)c(F)c4)CC3)c(F)c2F)CC1. The zero-order valence-corrected chi connectivity index (χ0v) is 20.7. The molecule has 1 atom stereocenters. The van der Waals surface area contributed by atoms with Crippen LogP contribution in [0.2, 0.25) is 0 Å². The quantitative estimate of drug-likeness (QED) is 0.358. The Kier molecular flexibility index (Phi) is 7.67. The molecule has 1 saturated heterocycles. The summed E-state index contributed by atoms with van der Waals surface area (Å²) in [5.41, 5.74) is 2.62. The van der Waals surface area contributed by atoms with Crippen LogP contribution in [0.5, 0.6) is 0 Å². The first-order chi connectivity index (χ1) is 17.0. The van der Waals surface area contributed by atoms with Crippen LogP contribution in [0.1, 0.15) is 111 Å². The van der Waals surface area contributed by atoms with Crippen LogP contribution in [0, 0.1) is 29.3 Å². The molecule has 0 N–H and O–H groups in total. The highest BCUT2D eigenvalue weighted by Crippen LogP contribution is 2.41. The Bertz CT molecular complexity index is 1040. The number of rotatable bonds is 7. The third-order valence-corrected chi connectivity index (χ3v) is 8.62. The fourth-order valence-electron chi connectivity index (χ4n) is 6.36. The highest BCUT2D eigenvalue weighted by atomic mass is 19.2. The molecular weight excluding hydrogens is 445 g/mol. The molecule has 3 aliphatic rings. The van der Waals surface area contributed by atoms with Gasteiger partial charge in [0.05, 0.1) is 6.61 Å². The molecule has 0 spiro atoms. The van der Waals surface area contributed by atoms with E-state index in [0.29, 0.717) is 35.1 Å². The molecule has 2 aromatic rings. The molecule has 5 rings (SSSR count). The molecule has 1 unspecified atom stereocenters. The molecule has 0 bridgehead atoms. The largest absolute Gasteiger partial charge is 0.368 e. The van der Waals surface area contributed by atoms with Gasteiger partial charge in [0, 0.05) is 11.1 Å². The van der Waals surface area contributed by atoms with Gasteiger partial charge in [-0.15, -0.1) is 0 Å². The number of ether oxygens (including phenoxy) is 1. The van der Waals surface area contributed by atoms with Crippen LogP contribution in [-0.2, 0) is 4.74 Å². The maximum Gasteiger partial charge on any atom is 0.166 e. The molecule has 188 valence electrons. The van der Waals surface area contributed by atoms with Gasteiger partial charge in [-0.05, 0) is 92.2 Å². The van der Waals surface area contributed by atoms with Crippen LogP contribution in [0.4, 0.5) is 13.2 Å². The van der Waals surface area contributed by atoms with E-state index < -0.39 is 11.6 Å². The first-order valence-electron chi connectivity index (χ1n) is 13.6. The summed E-state index contributed by atoms with van der Waals surface area (Å²) in [4.78, 5) is 0. The summed E-state index contributed by atoms with van der Waals surface area (Å²) in [6, 6.07) is 9.14. The molecule has 1 aliphatic heterocycles. The smallest absolute Gasteiger partial charge is 0.166 e. The Labute approximate surface area is 207 Å². The molecular formula is C31H37F3O. The molecule has 3 fully saturated rings. The van der Waals surface area contributed by atoms with Crippen molar-refractivity contribution in [2.75, 3.05) is 6.61 Å². The van der Waals surface area contributed by atoms with Gasteiger partial charge in [-0.1, -0.05) is 56.2 Å². The summed E-state index contributed by atoms with van der Waals surface area (Å²) in [5, 5.41) is 0. The Hall–Kier alpha value is -2.07. The minimum absolute atomic E-state index is 0.0648. The van der Waals surface area contributed by atoms with Crippen molar-refractivity contribution < 1.29 is 17.9 Å². The minimum Gasteiger partial charge on any atom is -0.368 e. The van der Waals surface area contributed by atoms with E-state index in [1.54, 1.807) is 18.2 Å². The van der Waals surface area contributed by atoms with Crippen molar-refractivity contribution in [1.82, 2.24) is 0 Å². The first kappa shape index (κ1) is 24.6. The number of hydrogen-bond acceptors (Lipinski definition) is 1. The Morgan fingerprint density at radius 1 is 0.829 bits per heavy atom. The zero-order chi connectivity index (χ0) is 24.4. The standard InChI is InChI=1S/C31H37F3O/c1-2-3-20-6-11-23(12-7-20)26-16-14-24(30(33)31(26)34)13-8-21-4-9-22(10-5-21)25-15-17-27(28(32)18-25)29-19-35-29/h8,13-18,20-23,29H,2-7,9-12,19H2,1H3/b13-8+. The van der Waals surface area contributed by atoms with Gasteiger partial charge in [0.1, 0.15) is 11.9 Å². The number of allylic oxidation sites excluding steroid dienone is 1. The lowest BCUT2D eigenvalue weighted by Crippen LogP contribution is -2.15. The molecule has 1 heterocycles. The van der Waals surface area contributed by atoms with Crippen molar-refractivity contribution in [3.63, 3.8) is 0 Å². The van der Waals surface area contributed by atoms with E-state index in [-0.39, 0.29) is 17.8 Å². The summed E-state index contributed by atoms with van der Waals surface area (Å²) in [6.45, 7) is 2.82. The van der Waals surface area contributed by atoms with Crippen LogP contribution in [-0.4, -0.2) is 6.61 Å². The third kappa shape index (κ3) is 5.69. The van der Waals surface area contributed by atoms with E-state index in [0.717, 1.165) is 62.8 Å². The van der Waals surface area contributed by atoms with Crippen LogP contribution in [0.15, 0.2) is 36.4 Å². The first-order valence-corrected chi connectivity index (χ1v) is 13.6. The average Bonchev–Trinajstić information content (AvgIpc) is 3.71. The molecule has 0 radical (unpaired) electrons. The Balaban J connectivity index is 1.17. The molecule has 0 amide bonds. The van der Waals surface area contributed by atoms with Gasteiger partial charge in [-0.25, -0.2) is 13.2 Å². The molecule has 1 nitrogen and oxygen atoms in total. The van der Waals surface area contributed by atoms with Crippen LogP contribution in [0.3, 0.4) is 0 Å². The van der Waals surface area contributed by atoms with Crippen LogP contribution >= 0.6 is 0 Å². The van der Waals surface area contributed by atoms with E-state index in [4.69, 9.17) is 4.74 Å². The van der Waals surface area contributed by atoms with Gasteiger partial charge in [0.25, 0.3) is 0 Å². The summed E-state index contributed by atoms with van der Waals surface area (Å²) < 4.78 is 49.5. The van der Waals surface area contributed by atoms with E-state index in [1.165, 1.54) is 12.8 Å². The maximum atomic E-state index is 15.0. The highest BCUT2D eigenvalue weighted by Gasteiger charge is 2.29. The summed E-state index contributed by atoms with van der Waals surface area (Å²) in [5.74, 6) is 0.0476. The summed E-state index contributed by atoms with van der Waals surface area (Å²) in [7, 11) is 0. The lowest BCUT2D eigenvalue weighted by molar-refractivity contribution is 0.303. The second-order valence-corrected chi connectivity index (χ2v) is 11.0. The van der Waals surface area contributed by atoms with Gasteiger partial charge in [-0.2, -0.15) is 0 Å². The normalized spacial score (nSPS) is 29.0. The fourth-order valence-corrected chi connectivity index (χ4v) is 6.36.